The third-order valence-electron chi connectivity index (χ3n) is 3.68. The molecule has 0 aliphatic heterocycles. The minimum atomic E-state index is -4.62. The van der Waals surface area contributed by atoms with Gasteiger partial charge in [-0.25, -0.2) is 0 Å². The number of carbonyl (C=O) groups is 1. The molecule has 146 valence electrons. The van der Waals surface area contributed by atoms with E-state index >= 15 is 0 Å². The second-order valence-electron chi connectivity index (χ2n) is 5.77. The highest BCUT2D eigenvalue weighted by atomic mass is 19.4. The number of hydrogen-bond acceptors (Lipinski definition) is 4. The molecule has 8 heteroatoms. The summed E-state index contributed by atoms with van der Waals surface area (Å²) in [5.74, 6) is -1.22. The van der Waals surface area contributed by atoms with Crippen molar-refractivity contribution in [2.24, 2.45) is 0 Å². The van der Waals surface area contributed by atoms with Crippen molar-refractivity contribution in [3.05, 3.63) is 59.3 Å². The summed E-state index contributed by atoms with van der Waals surface area (Å²) < 4.78 is 50.4. The predicted octanol–water partition coefficient (Wildman–Crippen LogP) is 4.73. The largest absolute Gasteiger partial charge is 0.487 e. The van der Waals surface area contributed by atoms with Gasteiger partial charge in [0.25, 0.3) is 0 Å². The van der Waals surface area contributed by atoms with E-state index in [0.717, 1.165) is 5.56 Å². The fourth-order valence-electron chi connectivity index (χ4n) is 2.40. The van der Waals surface area contributed by atoms with Crippen LogP contribution in [-0.2, 0) is 11.3 Å². The minimum Gasteiger partial charge on any atom is -0.487 e. The number of nitrogens with zero attached hydrogens (tertiary/aromatic N) is 2. The second-order valence-corrected chi connectivity index (χ2v) is 5.77. The number of rotatable bonds is 8. The summed E-state index contributed by atoms with van der Waals surface area (Å²) in [6.07, 6.45) is -1.02. The number of benzene rings is 1. The topological polar surface area (TPSA) is 53.4 Å². The highest BCUT2D eigenvalue weighted by Crippen LogP contribution is 2.30. The van der Waals surface area contributed by atoms with Crippen LogP contribution in [0.2, 0.25) is 0 Å². The summed E-state index contributed by atoms with van der Waals surface area (Å²) in [6.45, 7) is 4.79. The van der Waals surface area contributed by atoms with E-state index in [0.29, 0.717) is 18.5 Å². The quantitative estimate of drug-likeness (QED) is 0.489. The molecule has 0 saturated heterocycles. The third-order valence-corrected chi connectivity index (χ3v) is 3.68. The van der Waals surface area contributed by atoms with E-state index < -0.39 is 11.9 Å². The lowest BCUT2D eigenvalue weighted by Crippen LogP contribution is -2.18. The van der Waals surface area contributed by atoms with Crippen LogP contribution in [0.3, 0.4) is 0 Å². The molecule has 5 nitrogen and oxygen atoms in total. The predicted molar refractivity (Wildman–Crippen MR) is 93.4 cm³/mol. The van der Waals surface area contributed by atoms with Crippen molar-refractivity contribution in [1.29, 1.82) is 0 Å². The molecule has 1 aromatic heterocycles. The lowest BCUT2D eigenvalue weighted by molar-refractivity contribution is -0.133. The average Bonchev–Trinajstić information content (AvgIpc) is 3.08. The Morgan fingerprint density at radius 3 is 2.41 bits per heavy atom. The van der Waals surface area contributed by atoms with Gasteiger partial charge in [0.1, 0.15) is 11.5 Å². The van der Waals surface area contributed by atoms with Crippen LogP contribution in [0.5, 0.6) is 5.75 Å². The van der Waals surface area contributed by atoms with E-state index in [1.807, 2.05) is 0 Å². The first-order chi connectivity index (χ1) is 12.7. The first kappa shape index (κ1) is 20.5. The number of ketones is 1. The summed E-state index contributed by atoms with van der Waals surface area (Å²) in [7, 11) is 0. The maximum Gasteiger partial charge on any atom is 0.452 e. The molecule has 0 aliphatic rings. The van der Waals surface area contributed by atoms with Gasteiger partial charge in [0.2, 0.25) is 5.76 Å². The zero-order valence-electron chi connectivity index (χ0n) is 15.3. The van der Waals surface area contributed by atoms with Crippen LogP contribution >= 0.6 is 0 Å². The van der Waals surface area contributed by atoms with Crippen molar-refractivity contribution in [1.82, 2.24) is 9.78 Å². The van der Waals surface area contributed by atoms with E-state index in [1.54, 1.807) is 42.1 Å². The van der Waals surface area contributed by atoms with Crippen molar-refractivity contribution in [2.75, 3.05) is 6.61 Å². The van der Waals surface area contributed by atoms with Gasteiger partial charge >= 0.3 is 6.18 Å². The third kappa shape index (κ3) is 5.60. The van der Waals surface area contributed by atoms with Gasteiger partial charge in [-0.2, -0.15) is 18.3 Å². The second kappa shape index (κ2) is 8.75. The first-order valence-electron chi connectivity index (χ1n) is 8.47. The van der Waals surface area contributed by atoms with Gasteiger partial charge in [0.15, 0.2) is 5.78 Å². The highest BCUT2D eigenvalue weighted by Gasteiger charge is 2.38. The molecule has 0 amide bonds. The van der Waals surface area contributed by atoms with Crippen molar-refractivity contribution >= 4 is 5.78 Å². The van der Waals surface area contributed by atoms with Crippen molar-refractivity contribution in [3.8, 4) is 5.75 Å². The van der Waals surface area contributed by atoms with Crippen LogP contribution in [-0.4, -0.2) is 28.3 Å². The molecule has 0 unspecified atom stereocenters. The molecule has 0 saturated carbocycles. The molecule has 1 heterocycles. The van der Waals surface area contributed by atoms with Gasteiger partial charge in [-0.05, 0) is 31.5 Å². The summed E-state index contributed by atoms with van der Waals surface area (Å²) >= 11 is 0. The van der Waals surface area contributed by atoms with E-state index in [-0.39, 0.29) is 23.9 Å². The molecule has 0 fully saturated rings. The van der Waals surface area contributed by atoms with Crippen LogP contribution in [0.25, 0.3) is 0 Å². The van der Waals surface area contributed by atoms with Crippen molar-refractivity contribution < 1.29 is 27.4 Å². The van der Waals surface area contributed by atoms with Crippen LogP contribution in [0.1, 0.15) is 43.1 Å². The van der Waals surface area contributed by atoms with E-state index in [2.05, 4.69) is 9.84 Å². The molecule has 0 aliphatic carbocycles. The molecule has 2 rings (SSSR count). The summed E-state index contributed by atoms with van der Waals surface area (Å²) in [4.78, 5) is 11.6. The number of alkyl halides is 3. The molecule has 2 aromatic rings. The standard InChI is InChI=1S/C19H21F3N2O3/c1-4-17(25)15-10-23-24(12-15)11-14-6-8-16(9-7-14)27-13(3)18(26-5-2)19(20,21)22/h6-10,12H,4-5,11H2,1-3H3/b18-13-. The van der Waals surface area contributed by atoms with Crippen LogP contribution in [0.15, 0.2) is 48.2 Å². The lowest BCUT2D eigenvalue weighted by atomic mass is 10.2. The van der Waals surface area contributed by atoms with E-state index in [1.165, 1.54) is 20.0 Å². The number of ether oxygens (including phenoxy) is 2. The Balaban J connectivity index is 2.08. The number of hydrogen-bond donors (Lipinski definition) is 0. The fraction of sp³-hybridized carbons (Fsp3) is 0.368. The normalized spacial score (nSPS) is 12.5. The number of Topliss-reactive ketones (excluding diaryl/α,β-unsaturated/α-hetero) is 1. The Hall–Kier alpha value is -2.77. The maximum atomic E-state index is 13.0. The summed E-state index contributed by atoms with van der Waals surface area (Å²) in [6, 6.07) is 6.58. The zero-order valence-corrected chi connectivity index (χ0v) is 15.3. The summed E-state index contributed by atoms with van der Waals surface area (Å²) in [5.41, 5.74) is 1.41. The van der Waals surface area contributed by atoms with E-state index in [4.69, 9.17) is 4.74 Å². The Labute approximate surface area is 155 Å². The molecular formula is C19H21F3N2O3. The Kier molecular flexibility index (Phi) is 6.65. The van der Waals surface area contributed by atoms with Crippen molar-refractivity contribution in [2.45, 2.75) is 39.9 Å². The summed E-state index contributed by atoms with van der Waals surface area (Å²) in [5, 5.41) is 4.14. The maximum absolute atomic E-state index is 13.0. The van der Waals surface area contributed by atoms with Gasteiger partial charge in [-0.1, -0.05) is 19.1 Å². The number of halogens is 3. The highest BCUT2D eigenvalue weighted by molar-refractivity contribution is 5.95. The van der Waals surface area contributed by atoms with Gasteiger partial charge in [0.05, 0.1) is 24.9 Å². The van der Waals surface area contributed by atoms with Crippen LogP contribution < -0.4 is 4.74 Å². The SMILES string of the molecule is CCO/C(=C(/C)Oc1ccc(Cn2cc(C(=O)CC)cn2)cc1)C(F)(F)F. The number of allylic oxidation sites excluding steroid dienone is 2. The lowest BCUT2D eigenvalue weighted by Gasteiger charge is -2.16. The van der Waals surface area contributed by atoms with E-state index in [9.17, 15) is 18.0 Å². The molecule has 27 heavy (non-hydrogen) atoms. The van der Waals surface area contributed by atoms with Crippen LogP contribution in [0, 0.1) is 0 Å². The van der Waals surface area contributed by atoms with Gasteiger partial charge < -0.3 is 9.47 Å². The monoisotopic (exact) mass is 382 g/mol. The molecule has 1 aromatic carbocycles. The molecular weight excluding hydrogens is 361 g/mol. The Bertz CT molecular complexity index is 808. The molecule has 0 spiro atoms. The fourth-order valence-corrected chi connectivity index (χ4v) is 2.40. The number of carbonyl (C=O) groups excluding carboxylic acids is 1. The van der Waals surface area contributed by atoms with Crippen LogP contribution in [0.4, 0.5) is 13.2 Å². The smallest absolute Gasteiger partial charge is 0.452 e. The Morgan fingerprint density at radius 1 is 1.19 bits per heavy atom. The first-order valence-corrected chi connectivity index (χ1v) is 8.47. The van der Waals surface area contributed by atoms with Gasteiger partial charge in [-0.3, -0.25) is 9.48 Å². The Morgan fingerprint density at radius 2 is 1.85 bits per heavy atom. The molecule has 0 N–H and O–H groups in total. The number of aromatic nitrogens is 2. The molecule has 0 atom stereocenters. The minimum absolute atomic E-state index is 0.0158. The van der Waals surface area contributed by atoms with Gasteiger partial charge in [-0.15, -0.1) is 0 Å². The van der Waals surface area contributed by atoms with Gasteiger partial charge in [0, 0.05) is 12.6 Å². The molecule has 0 radical (unpaired) electrons. The van der Waals surface area contributed by atoms with Crippen molar-refractivity contribution in [3.63, 3.8) is 0 Å². The average molecular weight is 382 g/mol. The molecule has 0 bridgehead atoms. The zero-order chi connectivity index (χ0) is 20.0.